The average Bonchev–Trinajstić information content (AvgIpc) is 2.75. The van der Waals surface area contributed by atoms with Gasteiger partial charge in [0.2, 0.25) is 0 Å². The molecule has 0 radical (unpaired) electrons. The van der Waals surface area contributed by atoms with E-state index >= 15 is 0 Å². The van der Waals surface area contributed by atoms with Crippen LogP contribution in [0.1, 0.15) is 16.7 Å². The zero-order valence-electron chi connectivity index (χ0n) is 15.8. The number of benzene rings is 2. The van der Waals surface area contributed by atoms with Crippen molar-refractivity contribution >= 4 is 10.9 Å². The Morgan fingerprint density at radius 3 is 2.69 bits per heavy atom. The summed E-state index contributed by atoms with van der Waals surface area (Å²) >= 11 is 0. The minimum Gasteiger partial charge on any atom is -0.494 e. The lowest BCUT2D eigenvalue weighted by atomic mass is 10.00. The average molecular weight is 393 g/mol. The normalized spacial score (nSPS) is 11.0. The van der Waals surface area contributed by atoms with E-state index in [2.05, 4.69) is 9.97 Å². The van der Waals surface area contributed by atoms with Gasteiger partial charge in [0.1, 0.15) is 12.1 Å². The van der Waals surface area contributed by atoms with Crippen molar-refractivity contribution in [2.75, 3.05) is 7.11 Å². The van der Waals surface area contributed by atoms with E-state index in [0.29, 0.717) is 27.7 Å². The fourth-order valence-electron chi connectivity index (χ4n) is 3.27. The van der Waals surface area contributed by atoms with Crippen LogP contribution >= 0.6 is 0 Å². The quantitative estimate of drug-likeness (QED) is 0.527. The van der Waals surface area contributed by atoms with Gasteiger partial charge in [-0.3, -0.25) is 14.3 Å². The minimum absolute atomic E-state index is 0.0136. The Morgan fingerprint density at radius 1 is 1.14 bits per heavy atom. The van der Waals surface area contributed by atoms with E-state index in [-0.39, 0.29) is 23.3 Å². The molecule has 0 saturated carbocycles. The van der Waals surface area contributed by atoms with Gasteiger partial charge in [-0.15, -0.1) is 0 Å². The molecule has 0 unspecified atom stereocenters. The predicted molar refractivity (Wildman–Crippen MR) is 106 cm³/mol. The summed E-state index contributed by atoms with van der Waals surface area (Å²) in [5.41, 5.74) is 1.58. The van der Waals surface area contributed by atoms with Crippen LogP contribution < -0.4 is 10.3 Å². The van der Waals surface area contributed by atoms with Crippen molar-refractivity contribution in [3.05, 3.63) is 93.8 Å². The van der Waals surface area contributed by atoms with Gasteiger partial charge < -0.3 is 4.74 Å². The summed E-state index contributed by atoms with van der Waals surface area (Å²) < 4.78 is 35.6. The summed E-state index contributed by atoms with van der Waals surface area (Å²) in [6, 6.07) is 9.78. The number of aromatic nitrogens is 3. The molecule has 7 heteroatoms. The lowest BCUT2D eigenvalue weighted by Gasteiger charge is -2.12. The van der Waals surface area contributed by atoms with E-state index in [4.69, 9.17) is 4.74 Å². The van der Waals surface area contributed by atoms with Crippen LogP contribution in [-0.2, 0) is 6.42 Å². The number of methoxy groups -OCH3 is 1. The number of nitrogens with zero attached hydrogens (tertiary/aromatic N) is 3. The number of hydrogen-bond donors (Lipinski definition) is 0. The van der Waals surface area contributed by atoms with Gasteiger partial charge in [0.25, 0.3) is 5.56 Å². The molecule has 29 heavy (non-hydrogen) atoms. The summed E-state index contributed by atoms with van der Waals surface area (Å²) in [5, 5.41) is 0.356. The Bertz CT molecular complexity index is 1270. The van der Waals surface area contributed by atoms with Crippen molar-refractivity contribution in [2.24, 2.45) is 0 Å². The number of fused-ring (bicyclic) bond motifs is 1. The van der Waals surface area contributed by atoms with Crippen molar-refractivity contribution in [3.63, 3.8) is 0 Å². The second-order valence-corrected chi connectivity index (χ2v) is 6.66. The van der Waals surface area contributed by atoms with Crippen LogP contribution in [0.5, 0.6) is 5.75 Å². The predicted octanol–water partition coefficient (Wildman–Crippen LogP) is 3.97. The standard InChI is InChI=1S/C22H17F2N3O2/c1-13-8-19(29-2)21(24)17(20(13)23)10-14-5-6-18-16(9-14)22(28)27(12-26-18)15-4-3-7-25-11-15/h3-9,11-12H,10H2,1-2H3. The zero-order valence-corrected chi connectivity index (χ0v) is 15.8. The molecule has 0 aliphatic carbocycles. The first-order chi connectivity index (χ1) is 14.0. The Balaban J connectivity index is 1.82. The molecule has 0 saturated heterocycles. The number of halogens is 2. The van der Waals surface area contributed by atoms with Crippen molar-refractivity contribution in [1.29, 1.82) is 0 Å². The van der Waals surface area contributed by atoms with Crippen molar-refractivity contribution in [2.45, 2.75) is 13.3 Å². The van der Waals surface area contributed by atoms with Crippen LogP contribution in [0.3, 0.4) is 0 Å². The van der Waals surface area contributed by atoms with Gasteiger partial charge in [-0.1, -0.05) is 6.07 Å². The summed E-state index contributed by atoms with van der Waals surface area (Å²) in [6.45, 7) is 1.55. The van der Waals surface area contributed by atoms with E-state index in [9.17, 15) is 13.6 Å². The van der Waals surface area contributed by atoms with E-state index in [1.165, 1.54) is 24.1 Å². The highest BCUT2D eigenvalue weighted by molar-refractivity contribution is 5.78. The molecule has 0 fully saturated rings. The molecule has 0 atom stereocenters. The topological polar surface area (TPSA) is 57.0 Å². The first-order valence-corrected chi connectivity index (χ1v) is 8.91. The number of aryl methyl sites for hydroxylation is 1. The molecule has 4 aromatic rings. The van der Waals surface area contributed by atoms with Gasteiger partial charge in [-0.05, 0) is 48.4 Å². The van der Waals surface area contributed by atoms with Gasteiger partial charge in [0.05, 0.1) is 29.9 Å². The molecule has 0 bridgehead atoms. The second-order valence-electron chi connectivity index (χ2n) is 6.66. The van der Waals surface area contributed by atoms with Crippen LogP contribution in [0.2, 0.25) is 0 Å². The highest BCUT2D eigenvalue weighted by atomic mass is 19.1. The molecule has 4 rings (SSSR count). The molecule has 2 aromatic heterocycles. The number of rotatable bonds is 4. The molecule has 0 aliphatic rings. The summed E-state index contributed by atoms with van der Waals surface area (Å²) in [4.78, 5) is 21.3. The van der Waals surface area contributed by atoms with Gasteiger partial charge in [-0.25, -0.2) is 13.8 Å². The number of hydrogen-bond acceptors (Lipinski definition) is 4. The third-order valence-electron chi connectivity index (χ3n) is 4.79. The third-order valence-corrected chi connectivity index (χ3v) is 4.79. The second kappa shape index (κ2) is 7.43. The molecule has 0 amide bonds. The van der Waals surface area contributed by atoms with Gasteiger partial charge in [-0.2, -0.15) is 0 Å². The lowest BCUT2D eigenvalue weighted by Crippen LogP contribution is -2.19. The third kappa shape index (κ3) is 3.35. The van der Waals surface area contributed by atoms with E-state index < -0.39 is 11.6 Å². The number of pyridine rings is 1. The van der Waals surface area contributed by atoms with Crippen LogP contribution in [0.25, 0.3) is 16.6 Å². The van der Waals surface area contributed by atoms with E-state index in [0.717, 1.165) is 0 Å². The smallest absolute Gasteiger partial charge is 0.265 e. The fraction of sp³-hybridized carbons (Fsp3) is 0.136. The van der Waals surface area contributed by atoms with Crippen molar-refractivity contribution in [1.82, 2.24) is 14.5 Å². The zero-order chi connectivity index (χ0) is 20.5. The maximum atomic E-state index is 14.6. The molecule has 0 spiro atoms. The maximum Gasteiger partial charge on any atom is 0.265 e. The summed E-state index contributed by atoms with van der Waals surface area (Å²) in [5.74, 6) is -1.38. The van der Waals surface area contributed by atoms with E-state index in [1.807, 2.05) is 0 Å². The Morgan fingerprint density at radius 2 is 1.97 bits per heavy atom. The highest BCUT2D eigenvalue weighted by Gasteiger charge is 2.18. The first-order valence-electron chi connectivity index (χ1n) is 8.91. The molecule has 146 valence electrons. The first kappa shape index (κ1) is 18.7. The molecular weight excluding hydrogens is 376 g/mol. The molecular formula is C22H17F2N3O2. The molecule has 2 aromatic carbocycles. The fourth-order valence-corrected chi connectivity index (χ4v) is 3.27. The molecule has 2 heterocycles. The largest absolute Gasteiger partial charge is 0.494 e. The Labute approximate surface area is 165 Å². The lowest BCUT2D eigenvalue weighted by molar-refractivity contribution is 0.380. The van der Waals surface area contributed by atoms with Crippen LogP contribution in [0, 0.1) is 18.6 Å². The maximum absolute atomic E-state index is 14.6. The van der Waals surface area contributed by atoms with Gasteiger partial charge >= 0.3 is 0 Å². The van der Waals surface area contributed by atoms with Crippen LogP contribution in [-0.4, -0.2) is 21.6 Å². The summed E-state index contributed by atoms with van der Waals surface area (Å²) in [7, 11) is 1.34. The molecule has 0 N–H and O–H groups in total. The minimum atomic E-state index is -0.741. The molecule has 0 aliphatic heterocycles. The van der Waals surface area contributed by atoms with Crippen LogP contribution in [0.15, 0.2) is 59.9 Å². The highest BCUT2D eigenvalue weighted by Crippen LogP contribution is 2.28. The van der Waals surface area contributed by atoms with Crippen molar-refractivity contribution < 1.29 is 13.5 Å². The summed E-state index contributed by atoms with van der Waals surface area (Å²) in [6.07, 6.45) is 4.59. The van der Waals surface area contributed by atoms with Gasteiger partial charge in [0.15, 0.2) is 11.6 Å². The number of ether oxygens (including phenoxy) is 1. The SMILES string of the molecule is COc1cc(C)c(F)c(Cc2ccc3ncn(-c4cccnc4)c(=O)c3c2)c1F. The Kier molecular flexibility index (Phi) is 4.80. The Hall–Kier alpha value is -3.61. The monoisotopic (exact) mass is 393 g/mol. The molecule has 5 nitrogen and oxygen atoms in total. The van der Waals surface area contributed by atoms with Crippen molar-refractivity contribution in [3.8, 4) is 11.4 Å². The van der Waals surface area contributed by atoms with Crippen LogP contribution in [0.4, 0.5) is 8.78 Å². The van der Waals surface area contributed by atoms with Gasteiger partial charge in [0, 0.05) is 18.2 Å². The van der Waals surface area contributed by atoms with E-state index in [1.54, 1.807) is 49.6 Å².